The first-order valence-electron chi connectivity index (χ1n) is 9.08. The van der Waals surface area contributed by atoms with E-state index in [1.54, 1.807) is 17.5 Å². The van der Waals surface area contributed by atoms with Gasteiger partial charge in [0.15, 0.2) is 11.5 Å². The number of hydrazone groups is 1. The largest absolute Gasteiger partial charge is 0.490 e. The molecule has 2 aromatic heterocycles. The van der Waals surface area contributed by atoms with E-state index in [2.05, 4.69) is 33.6 Å². The molecule has 136 valence electrons. The normalized spacial score (nSPS) is 20.5. The van der Waals surface area contributed by atoms with Gasteiger partial charge in [-0.1, -0.05) is 24.3 Å². The zero-order valence-electron chi connectivity index (χ0n) is 14.9. The summed E-state index contributed by atoms with van der Waals surface area (Å²) in [7, 11) is 0. The Morgan fingerprint density at radius 1 is 1.19 bits per heavy atom. The molecule has 1 aromatic carbocycles. The molecule has 0 saturated carbocycles. The number of para-hydroxylation sites is 1. The molecule has 0 bridgehead atoms. The molecule has 0 spiro atoms. The third-order valence-corrected chi connectivity index (χ3v) is 5.75. The molecule has 0 fully saturated rings. The number of benzene rings is 1. The lowest BCUT2D eigenvalue weighted by molar-refractivity contribution is -0.0240. The van der Waals surface area contributed by atoms with Crippen molar-refractivity contribution in [2.24, 2.45) is 5.10 Å². The van der Waals surface area contributed by atoms with Gasteiger partial charge in [0, 0.05) is 18.2 Å². The van der Waals surface area contributed by atoms with E-state index >= 15 is 0 Å². The molecule has 5 nitrogen and oxygen atoms in total. The van der Waals surface area contributed by atoms with Crippen molar-refractivity contribution in [3.8, 4) is 11.5 Å². The van der Waals surface area contributed by atoms with E-state index in [0.717, 1.165) is 34.9 Å². The van der Waals surface area contributed by atoms with Gasteiger partial charge in [0.2, 0.25) is 6.23 Å². The summed E-state index contributed by atoms with van der Waals surface area (Å²) in [5, 5.41) is 9.08. The monoisotopic (exact) mass is 377 g/mol. The average Bonchev–Trinajstić information content (AvgIpc) is 3.38. The van der Waals surface area contributed by atoms with Crippen LogP contribution in [0.1, 0.15) is 41.7 Å². The number of aromatic nitrogens is 1. The molecule has 4 heterocycles. The predicted molar refractivity (Wildman–Crippen MR) is 105 cm³/mol. The lowest BCUT2D eigenvalue weighted by Crippen LogP contribution is -2.34. The van der Waals surface area contributed by atoms with E-state index in [9.17, 15) is 0 Å². The maximum atomic E-state index is 6.42. The Labute approximate surface area is 161 Å². The lowest BCUT2D eigenvalue weighted by atomic mass is 9.98. The Hall–Kier alpha value is -2.86. The number of thiophene rings is 1. The fourth-order valence-corrected chi connectivity index (χ4v) is 4.38. The average molecular weight is 377 g/mol. The highest BCUT2D eigenvalue weighted by molar-refractivity contribution is 7.12. The van der Waals surface area contributed by atoms with Crippen molar-refractivity contribution >= 4 is 17.0 Å². The molecule has 2 aliphatic heterocycles. The van der Waals surface area contributed by atoms with Gasteiger partial charge in [0.05, 0.1) is 23.2 Å². The van der Waals surface area contributed by atoms with Crippen LogP contribution in [0.2, 0.25) is 0 Å². The number of hydrogen-bond donors (Lipinski definition) is 0. The van der Waals surface area contributed by atoms with Crippen LogP contribution in [0, 0.1) is 0 Å². The second-order valence-electron chi connectivity index (χ2n) is 6.46. The molecule has 27 heavy (non-hydrogen) atoms. The van der Waals surface area contributed by atoms with Crippen LogP contribution in [-0.2, 0) is 0 Å². The molecule has 0 radical (unpaired) electrons. The first kappa shape index (κ1) is 16.3. The molecule has 0 N–H and O–H groups in total. The van der Waals surface area contributed by atoms with Crippen molar-refractivity contribution in [2.45, 2.75) is 25.6 Å². The summed E-state index contributed by atoms with van der Waals surface area (Å²) in [6.07, 6.45) is 2.26. The minimum Gasteiger partial charge on any atom is -0.490 e. The molecular formula is C21H19N3O2S. The van der Waals surface area contributed by atoms with Crippen LogP contribution in [0.3, 0.4) is 0 Å². The third kappa shape index (κ3) is 2.77. The Kier molecular flexibility index (Phi) is 4.05. The molecule has 0 aliphatic carbocycles. The minimum atomic E-state index is -0.372. The van der Waals surface area contributed by atoms with Crippen molar-refractivity contribution in [1.82, 2.24) is 9.99 Å². The molecule has 2 aliphatic rings. The van der Waals surface area contributed by atoms with Gasteiger partial charge in [-0.05, 0) is 36.6 Å². The molecular weight excluding hydrogens is 358 g/mol. The van der Waals surface area contributed by atoms with E-state index in [0.29, 0.717) is 6.61 Å². The number of nitrogens with zero attached hydrogens (tertiary/aromatic N) is 3. The number of rotatable bonds is 4. The first-order chi connectivity index (χ1) is 13.3. The quantitative estimate of drug-likeness (QED) is 0.656. The second-order valence-corrected chi connectivity index (χ2v) is 7.40. The number of ether oxygens (including phenoxy) is 2. The van der Waals surface area contributed by atoms with Crippen molar-refractivity contribution in [3.05, 3.63) is 76.2 Å². The maximum absolute atomic E-state index is 6.42. The minimum absolute atomic E-state index is 0.110. The molecule has 3 aromatic rings. The summed E-state index contributed by atoms with van der Waals surface area (Å²) in [6, 6.07) is 16.3. The van der Waals surface area contributed by atoms with Gasteiger partial charge in [-0.2, -0.15) is 5.10 Å². The SMILES string of the molecule is CCOc1cccc2c1O[C@@H](c1ccccn1)N1N=C(c3cccs3)C[C@@H]21. The summed E-state index contributed by atoms with van der Waals surface area (Å²) in [5.41, 5.74) is 3.05. The number of fused-ring (bicyclic) bond motifs is 3. The summed E-state index contributed by atoms with van der Waals surface area (Å²) in [4.78, 5) is 5.73. The zero-order chi connectivity index (χ0) is 18.2. The van der Waals surface area contributed by atoms with Crippen LogP contribution < -0.4 is 9.47 Å². The molecule has 2 atom stereocenters. The third-order valence-electron chi connectivity index (χ3n) is 4.83. The first-order valence-corrected chi connectivity index (χ1v) is 9.96. The topological polar surface area (TPSA) is 47.0 Å². The Morgan fingerprint density at radius 2 is 2.15 bits per heavy atom. The second kappa shape index (κ2) is 6.70. The van der Waals surface area contributed by atoms with E-state index in [4.69, 9.17) is 14.6 Å². The maximum Gasteiger partial charge on any atom is 0.230 e. The Bertz CT molecular complexity index is 972. The van der Waals surface area contributed by atoms with Gasteiger partial charge in [-0.3, -0.25) is 4.98 Å². The van der Waals surface area contributed by atoms with Crippen LogP contribution in [0.15, 0.2) is 65.2 Å². The summed E-state index contributed by atoms with van der Waals surface area (Å²) in [6.45, 7) is 2.58. The fraction of sp³-hybridized carbons (Fsp3) is 0.238. The van der Waals surface area contributed by atoms with Gasteiger partial charge >= 0.3 is 0 Å². The van der Waals surface area contributed by atoms with E-state index in [-0.39, 0.29) is 12.3 Å². The molecule has 5 rings (SSSR count). The van der Waals surface area contributed by atoms with Crippen LogP contribution in [0.4, 0.5) is 0 Å². The number of pyridine rings is 1. The van der Waals surface area contributed by atoms with Gasteiger partial charge < -0.3 is 9.47 Å². The van der Waals surface area contributed by atoms with E-state index in [1.165, 1.54) is 4.88 Å². The molecule has 0 saturated heterocycles. The summed E-state index contributed by atoms with van der Waals surface area (Å²) < 4.78 is 12.3. The number of hydrogen-bond acceptors (Lipinski definition) is 6. The highest BCUT2D eigenvalue weighted by Crippen LogP contribution is 2.50. The van der Waals surface area contributed by atoms with E-state index < -0.39 is 0 Å². The summed E-state index contributed by atoms with van der Waals surface area (Å²) in [5.74, 6) is 1.58. The van der Waals surface area contributed by atoms with Crippen molar-refractivity contribution in [2.75, 3.05) is 6.61 Å². The van der Waals surface area contributed by atoms with Crippen LogP contribution in [-0.4, -0.2) is 22.3 Å². The Morgan fingerprint density at radius 3 is 2.93 bits per heavy atom. The fourth-order valence-electron chi connectivity index (χ4n) is 3.66. The van der Waals surface area contributed by atoms with Crippen molar-refractivity contribution in [1.29, 1.82) is 0 Å². The van der Waals surface area contributed by atoms with Crippen molar-refractivity contribution < 1.29 is 9.47 Å². The zero-order valence-corrected chi connectivity index (χ0v) is 15.7. The van der Waals surface area contributed by atoms with Crippen molar-refractivity contribution in [3.63, 3.8) is 0 Å². The van der Waals surface area contributed by atoms with Crippen LogP contribution in [0.25, 0.3) is 0 Å². The lowest BCUT2D eigenvalue weighted by Gasteiger charge is -2.38. The smallest absolute Gasteiger partial charge is 0.230 e. The highest BCUT2D eigenvalue weighted by atomic mass is 32.1. The highest BCUT2D eigenvalue weighted by Gasteiger charge is 2.42. The molecule has 6 heteroatoms. The van der Waals surface area contributed by atoms with Gasteiger partial charge in [-0.25, -0.2) is 5.01 Å². The van der Waals surface area contributed by atoms with E-state index in [1.807, 2.05) is 37.3 Å². The van der Waals surface area contributed by atoms with Gasteiger partial charge in [0.1, 0.15) is 5.69 Å². The summed E-state index contributed by atoms with van der Waals surface area (Å²) >= 11 is 1.72. The molecule has 0 amide bonds. The Balaban J connectivity index is 1.62. The van der Waals surface area contributed by atoms with Crippen LogP contribution in [0.5, 0.6) is 11.5 Å². The van der Waals surface area contributed by atoms with Crippen LogP contribution >= 0.6 is 11.3 Å². The predicted octanol–water partition coefficient (Wildman–Crippen LogP) is 4.78. The standard InChI is InChI=1S/C21H19N3O2S/c1-2-25-18-9-5-7-14-17-13-16(19-10-6-12-27-19)23-24(17)21(26-20(14)18)15-8-3-4-11-22-15/h3-12,17,21H,2,13H2,1H3/t17-,21-/m0/s1. The van der Waals surface area contributed by atoms with Gasteiger partial charge in [-0.15, -0.1) is 11.3 Å². The molecule has 0 unspecified atom stereocenters. The van der Waals surface area contributed by atoms with Gasteiger partial charge in [0.25, 0.3) is 0 Å².